The lowest BCUT2D eigenvalue weighted by Gasteiger charge is -2.18. The minimum absolute atomic E-state index is 0.880. The zero-order valence-electron chi connectivity index (χ0n) is 5.22. The minimum Gasteiger partial charge on any atom is -0.377 e. The predicted molar refractivity (Wildman–Crippen MR) is 33.5 cm³/mol. The standard InChI is InChI=1S/C7H11N/c1-8-5-6-2-3-7(8)4-6/h5,7H,2-4H2,1H3. The van der Waals surface area contributed by atoms with E-state index in [1.54, 1.807) is 5.57 Å². The molecule has 1 nitrogen and oxygen atoms in total. The van der Waals surface area contributed by atoms with E-state index in [2.05, 4.69) is 18.1 Å². The van der Waals surface area contributed by atoms with E-state index in [9.17, 15) is 0 Å². The number of rotatable bonds is 0. The molecular weight excluding hydrogens is 98.1 g/mol. The first-order valence-corrected chi connectivity index (χ1v) is 3.28. The molecule has 1 fully saturated rings. The fourth-order valence-corrected chi connectivity index (χ4v) is 1.72. The van der Waals surface area contributed by atoms with Gasteiger partial charge in [0.1, 0.15) is 0 Å². The summed E-state index contributed by atoms with van der Waals surface area (Å²) >= 11 is 0. The fraction of sp³-hybridized carbons (Fsp3) is 0.714. The van der Waals surface area contributed by atoms with Crippen molar-refractivity contribution in [3.05, 3.63) is 11.8 Å². The van der Waals surface area contributed by atoms with Gasteiger partial charge in [0.25, 0.3) is 0 Å². The maximum Gasteiger partial charge on any atom is 0.0321 e. The quantitative estimate of drug-likeness (QED) is 0.454. The summed E-state index contributed by atoms with van der Waals surface area (Å²) in [6.07, 6.45) is 6.43. The molecule has 0 aromatic rings. The summed E-state index contributed by atoms with van der Waals surface area (Å²) in [7, 11) is 2.18. The molecule has 0 saturated heterocycles. The molecule has 2 bridgehead atoms. The van der Waals surface area contributed by atoms with Crippen molar-refractivity contribution in [2.75, 3.05) is 7.05 Å². The number of fused-ring (bicyclic) bond motifs is 2. The second kappa shape index (κ2) is 1.28. The molecule has 0 aromatic carbocycles. The van der Waals surface area contributed by atoms with Gasteiger partial charge in [-0.1, -0.05) is 5.57 Å². The van der Waals surface area contributed by atoms with Crippen molar-refractivity contribution in [1.29, 1.82) is 0 Å². The molecular formula is C7H11N. The Morgan fingerprint density at radius 2 is 2.62 bits per heavy atom. The van der Waals surface area contributed by atoms with Crippen LogP contribution in [0.3, 0.4) is 0 Å². The van der Waals surface area contributed by atoms with Crippen molar-refractivity contribution in [3.63, 3.8) is 0 Å². The number of nitrogens with zero attached hydrogens (tertiary/aromatic N) is 1. The highest BCUT2D eigenvalue weighted by Gasteiger charge is 2.27. The Bertz CT molecular complexity index is 137. The summed E-state index contributed by atoms with van der Waals surface area (Å²) in [6.45, 7) is 0. The van der Waals surface area contributed by atoms with Crippen LogP contribution in [-0.4, -0.2) is 18.0 Å². The Morgan fingerprint density at radius 3 is 2.88 bits per heavy atom. The highest BCUT2D eigenvalue weighted by atomic mass is 15.1. The smallest absolute Gasteiger partial charge is 0.0321 e. The van der Waals surface area contributed by atoms with Crippen LogP contribution in [0.1, 0.15) is 19.3 Å². The molecule has 0 N–H and O–H groups in total. The van der Waals surface area contributed by atoms with E-state index in [1.165, 1.54) is 19.3 Å². The van der Waals surface area contributed by atoms with Gasteiger partial charge >= 0.3 is 0 Å². The van der Waals surface area contributed by atoms with Crippen LogP contribution in [-0.2, 0) is 0 Å². The molecule has 0 spiro atoms. The van der Waals surface area contributed by atoms with E-state index in [0.29, 0.717) is 0 Å². The molecule has 0 amide bonds. The maximum absolute atomic E-state index is 2.35. The monoisotopic (exact) mass is 109 g/mol. The van der Waals surface area contributed by atoms with Gasteiger partial charge in [0.15, 0.2) is 0 Å². The van der Waals surface area contributed by atoms with Gasteiger partial charge in [0.2, 0.25) is 0 Å². The van der Waals surface area contributed by atoms with Crippen molar-refractivity contribution in [2.45, 2.75) is 25.3 Å². The first kappa shape index (κ1) is 4.42. The molecule has 1 aliphatic carbocycles. The van der Waals surface area contributed by atoms with Gasteiger partial charge in [-0.25, -0.2) is 0 Å². The SMILES string of the molecule is CN1C=C2CCC1C2. The Balaban J connectivity index is 2.28. The summed E-state index contributed by atoms with van der Waals surface area (Å²) in [6, 6.07) is 0.880. The van der Waals surface area contributed by atoms with Crippen LogP contribution < -0.4 is 0 Å². The number of hydrogen-bond donors (Lipinski definition) is 0. The molecule has 1 unspecified atom stereocenters. The van der Waals surface area contributed by atoms with Gasteiger partial charge in [-0.05, 0) is 25.5 Å². The molecule has 8 heavy (non-hydrogen) atoms. The zero-order valence-corrected chi connectivity index (χ0v) is 5.22. The largest absolute Gasteiger partial charge is 0.377 e. The van der Waals surface area contributed by atoms with Gasteiger partial charge in [-0.2, -0.15) is 0 Å². The van der Waals surface area contributed by atoms with Crippen molar-refractivity contribution in [1.82, 2.24) is 4.90 Å². The Hall–Kier alpha value is -0.460. The normalized spacial score (nSPS) is 33.9. The van der Waals surface area contributed by atoms with E-state index in [-0.39, 0.29) is 0 Å². The molecule has 44 valence electrons. The average molecular weight is 109 g/mol. The fourth-order valence-electron chi connectivity index (χ4n) is 1.72. The molecule has 1 heterocycles. The Kier molecular flexibility index (Phi) is 0.706. The van der Waals surface area contributed by atoms with Gasteiger partial charge in [0, 0.05) is 13.1 Å². The second-order valence-electron chi connectivity index (χ2n) is 2.85. The van der Waals surface area contributed by atoms with Crippen molar-refractivity contribution in [3.8, 4) is 0 Å². The Labute approximate surface area is 50.0 Å². The molecule has 2 rings (SSSR count). The summed E-state index contributed by atoms with van der Waals surface area (Å²) < 4.78 is 0. The summed E-state index contributed by atoms with van der Waals surface area (Å²) in [4.78, 5) is 2.35. The topological polar surface area (TPSA) is 3.24 Å². The lowest BCUT2D eigenvalue weighted by Crippen LogP contribution is -2.20. The minimum atomic E-state index is 0.880. The van der Waals surface area contributed by atoms with Crippen molar-refractivity contribution < 1.29 is 0 Å². The van der Waals surface area contributed by atoms with E-state index in [0.717, 1.165) is 6.04 Å². The predicted octanol–water partition coefficient (Wildman–Crippen LogP) is 1.37. The zero-order chi connectivity index (χ0) is 5.56. The van der Waals surface area contributed by atoms with E-state index < -0.39 is 0 Å². The third-order valence-electron chi connectivity index (χ3n) is 2.26. The van der Waals surface area contributed by atoms with E-state index >= 15 is 0 Å². The van der Waals surface area contributed by atoms with Crippen LogP contribution in [0.4, 0.5) is 0 Å². The molecule has 1 aliphatic heterocycles. The maximum atomic E-state index is 2.35. The van der Waals surface area contributed by atoms with Crippen molar-refractivity contribution in [2.24, 2.45) is 0 Å². The molecule has 0 aromatic heterocycles. The van der Waals surface area contributed by atoms with Crippen LogP contribution in [0.25, 0.3) is 0 Å². The third-order valence-corrected chi connectivity index (χ3v) is 2.26. The van der Waals surface area contributed by atoms with Crippen LogP contribution >= 0.6 is 0 Å². The first-order valence-electron chi connectivity index (χ1n) is 3.28. The summed E-state index contributed by atoms with van der Waals surface area (Å²) in [5, 5.41) is 0. The van der Waals surface area contributed by atoms with Crippen LogP contribution in [0.15, 0.2) is 11.8 Å². The van der Waals surface area contributed by atoms with E-state index in [1.807, 2.05) is 0 Å². The van der Waals surface area contributed by atoms with Gasteiger partial charge in [-0.3, -0.25) is 0 Å². The van der Waals surface area contributed by atoms with Crippen LogP contribution in [0.2, 0.25) is 0 Å². The molecule has 1 saturated carbocycles. The van der Waals surface area contributed by atoms with Crippen LogP contribution in [0.5, 0.6) is 0 Å². The Morgan fingerprint density at radius 1 is 1.75 bits per heavy atom. The van der Waals surface area contributed by atoms with Gasteiger partial charge in [0.05, 0.1) is 0 Å². The van der Waals surface area contributed by atoms with Gasteiger partial charge < -0.3 is 4.90 Å². The molecule has 2 aliphatic rings. The summed E-state index contributed by atoms with van der Waals surface area (Å²) in [5.74, 6) is 0. The highest BCUT2D eigenvalue weighted by molar-refractivity contribution is 5.16. The van der Waals surface area contributed by atoms with Gasteiger partial charge in [-0.15, -0.1) is 0 Å². The lowest BCUT2D eigenvalue weighted by molar-refractivity contribution is 0.350. The molecule has 1 atom stereocenters. The lowest BCUT2D eigenvalue weighted by atomic mass is 10.2. The highest BCUT2D eigenvalue weighted by Crippen LogP contribution is 2.34. The number of hydrogen-bond acceptors (Lipinski definition) is 1. The van der Waals surface area contributed by atoms with Crippen molar-refractivity contribution >= 4 is 0 Å². The van der Waals surface area contributed by atoms with E-state index in [4.69, 9.17) is 0 Å². The third kappa shape index (κ3) is 0.417. The second-order valence-corrected chi connectivity index (χ2v) is 2.85. The summed E-state index contributed by atoms with van der Waals surface area (Å²) in [5.41, 5.74) is 1.66. The molecule has 1 heteroatoms. The van der Waals surface area contributed by atoms with Crippen LogP contribution in [0, 0.1) is 0 Å². The average Bonchev–Trinajstić information content (AvgIpc) is 2.23. The first-order chi connectivity index (χ1) is 3.86. The molecule has 0 radical (unpaired) electrons.